The first-order valence-corrected chi connectivity index (χ1v) is 6.11. The van der Waals surface area contributed by atoms with Gasteiger partial charge in [0, 0.05) is 27.3 Å². The quantitative estimate of drug-likeness (QED) is 0.729. The number of nitrogens with one attached hydrogen (secondary N) is 1. The number of nitrogens with zero attached hydrogens (tertiary/aromatic N) is 1. The van der Waals surface area contributed by atoms with Gasteiger partial charge >= 0.3 is 0 Å². The van der Waals surface area contributed by atoms with E-state index in [1.165, 1.54) is 0 Å². The molecule has 0 heterocycles. The summed E-state index contributed by atoms with van der Waals surface area (Å²) in [6.45, 7) is 2.13. The minimum Gasteiger partial charge on any atom is -0.479 e. The third-order valence-corrected chi connectivity index (χ3v) is 2.61. The zero-order valence-electron chi connectivity index (χ0n) is 11.4. The number of methoxy groups -OCH3 is 2. The molecule has 0 bridgehead atoms. The number of hydrogen-bond donors (Lipinski definition) is 1. The van der Waals surface area contributed by atoms with Crippen LogP contribution in [0.15, 0.2) is 24.3 Å². The molecule has 0 aliphatic heterocycles. The highest BCUT2D eigenvalue weighted by Crippen LogP contribution is 2.11. The van der Waals surface area contributed by atoms with Crippen LogP contribution < -0.4 is 10.1 Å². The first-order chi connectivity index (χ1) is 9.30. The topological polar surface area (TPSA) is 63.5 Å². The summed E-state index contributed by atoms with van der Waals surface area (Å²) in [5.74, 6) is 0.708. The molecule has 104 valence electrons. The van der Waals surface area contributed by atoms with E-state index in [0.29, 0.717) is 12.4 Å². The zero-order chi connectivity index (χ0) is 13.9. The minimum atomic E-state index is 0.0586. The normalized spacial score (nSPS) is 11.8. The van der Waals surface area contributed by atoms with Crippen LogP contribution in [0.3, 0.4) is 0 Å². The molecule has 1 rings (SSSR count). The van der Waals surface area contributed by atoms with Crippen molar-refractivity contribution in [1.29, 1.82) is 5.26 Å². The van der Waals surface area contributed by atoms with Crippen molar-refractivity contribution < 1.29 is 14.2 Å². The predicted octanol–water partition coefficient (Wildman–Crippen LogP) is 1.34. The average molecular weight is 264 g/mol. The Balaban J connectivity index is 2.31. The second kappa shape index (κ2) is 9.34. The molecule has 0 amide bonds. The molecule has 19 heavy (non-hydrogen) atoms. The van der Waals surface area contributed by atoms with E-state index < -0.39 is 0 Å². The lowest BCUT2D eigenvalue weighted by Gasteiger charge is -2.15. The fourth-order valence-electron chi connectivity index (χ4n) is 1.59. The summed E-state index contributed by atoms with van der Waals surface area (Å²) in [7, 11) is 3.33. The Labute approximate surface area is 114 Å². The highest BCUT2D eigenvalue weighted by Gasteiger charge is 2.05. The smallest absolute Gasteiger partial charge is 0.174 e. The molecule has 0 fully saturated rings. The van der Waals surface area contributed by atoms with E-state index >= 15 is 0 Å². The average Bonchev–Trinajstić information content (AvgIpc) is 2.45. The van der Waals surface area contributed by atoms with Crippen LogP contribution in [-0.2, 0) is 16.0 Å². The Morgan fingerprint density at radius 1 is 1.26 bits per heavy atom. The second-order valence-electron chi connectivity index (χ2n) is 4.03. The molecule has 5 nitrogen and oxygen atoms in total. The predicted molar refractivity (Wildman–Crippen MR) is 71.9 cm³/mol. The Morgan fingerprint density at radius 2 is 2.00 bits per heavy atom. The molecule has 0 saturated heterocycles. The van der Waals surface area contributed by atoms with E-state index in [0.717, 1.165) is 18.7 Å². The SMILES string of the molecule is COCC(CNCc1ccc(OCC#N)cc1)OC. The maximum absolute atomic E-state index is 8.41. The van der Waals surface area contributed by atoms with E-state index in [4.69, 9.17) is 19.5 Å². The number of hydrogen-bond acceptors (Lipinski definition) is 5. The van der Waals surface area contributed by atoms with Gasteiger partial charge in [-0.3, -0.25) is 0 Å². The molecule has 1 aromatic rings. The van der Waals surface area contributed by atoms with E-state index in [1.807, 2.05) is 30.3 Å². The Kier molecular flexibility index (Phi) is 7.59. The van der Waals surface area contributed by atoms with Gasteiger partial charge in [-0.1, -0.05) is 12.1 Å². The van der Waals surface area contributed by atoms with Crippen LogP contribution in [0.25, 0.3) is 0 Å². The van der Waals surface area contributed by atoms with Crippen LogP contribution in [0.4, 0.5) is 0 Å². The Hall–Kier alpha value is -1.61. The van der Waals surface area contributed by atoms with Gasteiger partial charge in [0.25, 0.3) is 0 Å². The van der Waals surface area contributed by atoms with Crippen LogP contribution in [0.2, 0.25) is 0 Å². The van der Waals surface area contributed by atoms with Gasteiger partial charge in [0.15, 0.2) is 6.61 Å². The molecule has 5 heteroatoms. The van der Waals surface area contributed by atoms with Crippen molar-refractivity contribution in [3.05, 3.63) is 29.8 Å². The van der Waals surface area contributed by atoms with Crippen LogP contribution in [0.5, 0.6) is 5.75 Å². The van der Waals surface area contributed by atoms with E-state index in [9.17, 15) is 0 Å². The Morgan fingerprint density at radius 3 is 2.58 bits per heavy atom. The summed E-state index contributed by atoms with van der Waals surface area (Å²) in [6, 6.07) is 9.59. The number of benzene rings is 1. The zero-order valence-corrected chi connectivity index (χ0v) is 11.4. The summed E-state index contributed by atoms with van der Waals surface area (Å²) < 4.78 is 15.5. The summed E-state index contributed by atoms with van der Waals surface area (Å²) in [4.78, 5) is 0. The van der Waals surface area contributed by atoms with Gasteiger partial charge in [-0.2, -0.15) is 5.26 Å². The lowest BCUT2D eigenvalue weighted by Crippen LogP contribution is -2.31. The molecule has 0 aromatic heterocycles. The number of ether oxygens (including phenoxy) is 3. The van der Waals surface area contributed by atoms with Crippen molar-refractivity contribution in [1.82, 2.24) is 5.32 Å². The van der Waals surface area contributed by atoms with Gasteiger partial charge in [-0.25, -0.2) is 0 Å². The highest BCUT2D eigenvalue weighted by atomic mass is 16.5. The number of rotatable bonds is 9. The summed E-state index contributed by atoms with van der Waals surface area (Å²) >= 11 is 0. The monoisotopic (exact) mass is 264 g/mol. The summed E-state index contributed by atoms with van der Waals surface area (Å²) in [6.07, 6.45) is 0.0586. The van der Waals surface area contributed by atoms with Crippen LogP contribution in [0, 0.1) is 11.3 Å². The van der Waals surface area contributed by atoms with Gasteiger partial charge in [-0.05, 0) is 17.7 Å². The van der Waals surface area contributed by atoms with Gasteiger partial charge < -0.3 is 19.5 Å². The van der Waals surface area contributed by atoms with Crippen molar-refractivity contribution in [3.8, 4) is 11.8 Å². The molecular formula is C14H20N2O3. The fourth-order valence-corrected chi connectivity index (χ4v) is 1.59. The van der Waals surface area contributed by atoms with Crippen LogP contribution >= 0.6 is 0 Å². The third-order valence-electron chi connectivity index (χ3n) is 2.61. The van der Waals surface area contributed by atoms with Crippen molar-refractivity contribution >= 4 is 0 Å². The summed E-state index contributed by atoms with van der Waals surface area (Å²) in [5, 5.41) is 11.7. The van der Waals surface area contributed by atoms with Crippen molar-refractivity contribution in [2.24, 2.45) is 0 Å². The molecule has 1 unspecified atom stereocenters. The molecule has 0 aliphatic rings. The second-order valence-corrected chi connectivity index (χ2v) is 4.03. The van der Waals surface area contributed by atoms with Gasteiger partial charge in [0.05, 0.1) is 12.7 Å². The summed E-state index contributed by atoms with van der Waals surface area (Å²) in [5.41, 5.74) is 1.15. The molecule has 0 spiro atoms. The molecule has 0 saturated carbocycles. The van der Waals surface area contributed by atoms with Crippen molar-refractivity contribution in [3.63, 3.8) is 0 Å². The van der Waals surface area contributed by atoms with E-state index in [1.54, 1.807) is 14.2 Å². The fraction of sp³-hybridized carbons (Fsp3) is 0.500. The lowest BCUT2D eigenvalue weighted by molar-refractivity contribution is 0.0288. The lowest BCUT2D eigenvalue weighted by atomic mass is 10.2. The Bertz CT molecular complexity index is 387. The van der Waals surface area contributed by atoms with Gasteiger partial charge in [0.1, 0.15) is 11.8 Å². The van der Waals surface area contributed by atoms with Crippen LogP contribution in [-0.4, -0.2) is 40.1 Å². The minimum absolute atomic E-state index is 0.0586. The van der Waals surface area contributed by atoms with Gasteiger partial charge in [0.2, 0.25) is 0 Å². The maximum Gasteiger partial charge on any atom is 0.174 e. The molecule has 0 aliphatic carbocycles. The van der Waals surface area contributed by atoms with Crippen molar-refractivity contribution in [2.75, 3.05) is 34.0 Å². The molecule has 1 aromatic carbocycles. The molecular weight excluding hydrogens is 244 g/mol. The number of nitriles is 1. The largest absolute Gasteiger partial charge is 0.479 e. The van der Waals surface area contributed by atoms with E-state index in [2.05, 4.69) is 5.32 Å². The van der Waals surface area contributed by atoms with Crippen LogP contribution in [0.1, 0.15) is 5.56 Å². The third kappa shape index (κ3) is 6.20. The van der Waals surface area contributed by atoms with Crippen molar-refractivity contribution in [2.45, 2.75) is 12.6 Å². The molecule has 1 atom stereocenters. The first-order valence-electron chi connectivity index (χ1n) is 6.11. The standard InChI is InChI=1S/C14H20N2O3/c1-17-11-14(18-2)10-16-9-12-3-5-13(6-4-12)19-8-7-15/h3-6,14,16H,8-11H2,1-2H3. The van der Waals surface area contributed by atoms with E-state index in [-0.39, 0.29) is 12.7 Å². The highest BCUT2D eigenvalue weighted by molar-refractivity contribution is 5.27. The maximum atomic E-state index is 8.41. The molecule has 0 radical (unpaired) electrons. The molecule has 1 N–H and O–H groups in total. The first kappa shape index (κ1) is 15.4. The van der Waals surface area contributed by atoms with Gasteiger partial charge in [-0.15, -0.1) is 0 Å².